The van der Waals surface area contributed by atoms with E-state index in [0.29, 0.717) is 23.0 Å². The molecule has 0 spiro atoms. The summed E-state index contributed by atoms with van der Waals surface area (Å²) in [5.74, 6) is 0.569. The lowest BCUT2D eigenvalue weighted by molar-refractivity contribution is 0.0602. The van der Waals surface area contributed by atoms with Crippen LogP contribution >= 0.6 is 0 Å². The van der Waals surface area contributed by atoms with Crippen LogP contribution in [-0.2, 0) is 4.74 Å². The number of benzene rings is 3. The molecule has 6 nitrogen and oxygen atoms in total. The van der Waals surface area contributed by atoms with E-state index in [0.717, 1.165) is 16.9 Å². The molecule has 6 heteroatoms. The average molecular weight is 396 g/mol. The third-order valence-electron chi connectivity index (χ3n) is 4.42. The van der Waals surface area contributed by atoms with E-state index in [2.05, 4.69) is 20.6 Å². The maximum absolute atomic E-state index is 12.1. The zero-order valence-electron chi connectivity index (χ0n) is 16.4. The largest absolute Gasteiger partial charge is 0.465 e. The predicted octanol–water partition coefficient (Wildman–Crippen LogP) is 5.42. The van der Waals surface area contributed by atoms with E-state index in [1.54, 1.807) is 18.2 Å². The first-order chi connectivity index (χ1) is 14.7. The third kappa shape index (κ3) is 4.44. The average Bonchev–Trinajstić information content (AvgIpc) is 2.80. The Kier molecular flexibility index (Phi) is 5.66. The summed E-state index contributed by atoms with van der Waals surface area (Å²) in [5.41, 5.74) is 3.60. The van der Waals surface area contributed by atoms with E-state index in [1.165, 1.54) is 7.11 Å². The number of methoxy groups -OCH3 is 1. The molecule has 3 aromatic carbocycles. The number of nitrogens with zero attached hydrogens (tertiary/aromatic N) is 2. The highest BCUT2D eigenvalue weighted by Crippen LogP contribution is 2.26. The van der Waals surface area contributed by atoms with Crippen molar-refractivity contribution in [2.24, 2.45) is 0 Å². The molecule has 0 bridgehead atoms. The monoisotopic (exact) mass is 396 g/mol. The number of esters is 1. The highest BCUT2D eigenvalue weighted by atomic mass is 16.5. The fourth-order valence-electron chi connectivity index (χ4n) is 2.99. The molecule has 30 heavy (non-hydrogen) atoms. The molecule has 0 fully saturated rings. The van der Waals surface area contributed by atoms with Crippen molar-refractivity contribution in [1.29, 1.82) is 0 Å². The van der Waals surface area contributed by atoms with Crippen molar-refractivity contribution in [2.45, 2.75) is 0 Å². The number of hydrogen-bond acceptors (Lipinski definition) is 6. The second-order valence-corrected chi connectivity index (χ2v) is 6.48. The Bertz CT molecular complexity index is 1150. The molecule has 2 N–H and O–H groups in total. The van der Waals surface area contributed by atoms with Crippen LogP contribution in [-0.4, -0.2) is 23.0 Å². The lowest BCUT2D eigenvalue weighted by atomic mass is 10.1. The summed E-state index contributed by atoms with van der Waals surface area (Å²) in [6.45, 7) is 0. The highest BCUT2D eigenvalue weighted by molar-refractivity contribution is 5.96. The van der Waals surface area contributed by atoms with Crippen LogP contribution in [0.3, 0.4) is 0 Å². The van der Waals surface area contributed by atoms with Crippen molar-refractivity contribution in [1.82, 2.24) is 9.97 Å². The fraction of sp³-hybridized carbons (Fsp3) is 0.0417. The molecule has 0 saturated carbocycles. The molecule has 148 valence electrons. The van der Waals surface area contributed by atoms with Crippen molar-refractivity contribution in [3.05, 3.63) is 96.6 Å². The van der Waals surface area contributed by atoms with E-state index in [-0.39, 0.29) is 0 Å². The van der Waals surface area contributed by atoms with Gasteiger partial charge in [0.05, 0.1) is 24.1 Å². The van der Waals surface area contributed by atoms with Gasteiger partial charge in [0.25, 0.3) is 0 Å². The van der Waals surface area contributed by atoms with Gasteiger partial charge in [0.1, 0.15) is 5.82 Å². The van der Waals surface area contributed by atoms with Gasteiger partial charge in [-0.3, -0.25) is 0 Å². The number of rotatable bonds is 6. The van der Waals surface area contributed by atoms with Crippen LogP contribution in [0.1, 0.15) is 10.4 Å². The van der Waals surface area contributed by atoms with E-state index >= 15 is 0 Å². The van der Waals surface area contributed by atoms with Crippen molar-refractivity contribution < 1.29 is 9.53 Å². The minimum Gasteiger partial charge on any atom is -0.465 e. The first-order valence-electron chi connectivity index (χ1n) is 9.44. The first kappa shape index (κ1) is 19.1. The Hall–Kier alpha value is -4.19. The molecule has 0 aliphatic rings. The second-order valence-electron chi connectivity index (χ2n) is 6.48. The minimum atomic E-state index is -0.431. The number of carbonyl (C=O) groups is 1. The molecule has 4 aromatic rings. The summed E-state index contributed by atoms with van der Waals surface area (Å²) in [7, 11) is 1.35. The topological polar surface area (TPSA) is 76.1 Å². The first-order valence-corrected chi connectivity index (χ1v) is 9.44. The normalized spacial score (nSPS) is 10.3. The van der Waals surface area contributed by atoms with Crippen LogP contribution in [0.25, 0.3) is 11.3 Å². The van der Waals surface area contributed by atoms with E-state index in [1.807, 2.05) is 72.8 Å². The zero-order chi connectivity index (χ0) is 20.8. The van der Waals surface area contributed by atoms with E-state index in [4.69, 9.17) is 4.74 Å². The van der Waals surface area contributed by atoms with Gasteiger partial charge in [-0.05, 0) is 24.3 Å². The van der Waals surface area contributed by atoms with Gasteiger partial charge in [-0.2, -0.15) is 4.98 Å². The van der Waals surface area contributed by atoms with E-state index < -0.39 is 5.97 Å². The van der Waals surface area contributed by atoms with Gasteiger partial charge in [-0.15, -0.1) is 0 Å². The molecule has 0 radical (unpaired) electrons. The smallest absolute Gasteiger partial charge is 0.339 e. The Morgan fingerprint density at radius 3 is 2.20 bits per heavy atom. The molecule has 0 aliphatic carbocycles. The molecule has 0 atom stereocenters. The molecular weight excluding hydrogens is 376 g/mol. The summed E-state index contributed by atoms with van der Waals surface area (Å²) in [6, 6.07) is 28.6. The fourth-order valence-corrected chi connectivity index (χ4v) is 2.99. The Morgan fingerprint density at radius 1 is 0.800 bits per heavy atom. The number of ether oxygens (including phenoxy) is 1. The molecule has 0 amide bonds. The Labute approximate surface area is 174 Å². The summed E-state index contributed by atoms with van der Waals surface area (Å²) in [4.78, 5) is 21.3. The maximum Gasteiger partial charge on any atom is 0.339 e. The van der Waals surface area contributed by atoms with Gasteiger partial charge < -0.3 is 15.4 Å². The molecule has 0 aliphatic heterocycles. The lowest BCUT2D eigenvalue weighted by Gasteiger charge is -2.13. The van der Waals surface area contributed by atoms with Crippen LogP contribution in [0.2, 0.25) is 0 Å². The van der Waals surface area contributed by atoms with Crippen LogP contribution in [0, 0.1) is 0 Å². The van der Waals surface area contributed by atoms with Gasteiger partial charge >= 0.3 is 5.97 Å². The number of para-hydroxylation sites is 2. The van der Waals surface area contributed by atoms with Crippen LogP contribution < -0.4 is 10.6 Å². The second kappa shape index (κ2) is 8.87. The van der Waals surface area contributed by atoms with Gasteiger partial charge in [0, 0.05) is 17.3 Å². The van der Waals surface area contributed by atoms with Crippen molar-refractivity contribution in [3.63, 3.8) is 0 Å². The Morgan fingerprint density at radius 2 is 1.47 bits per heavy atom. The van der Waals surface area contributed by atoms with Gasteiger partial charge in [-0.1, -0.05) is 60.7 Å². The van der Waals surface area contributed by atoms with Crippen LogP contribution in [0.5, 0.6) is 0 Å². The van der Waals surface area contributed by atoms with E-state index in [9.17, 15) is 4.79 Å². The van der Waals surface area contributed by atoms with Crippen molar-refractivity contribution in [2.75, 3.05) is 17.7 Å². The maximum atomic E-state index is 12.1. The quantitative estimate of drug-likeness (QED) is 0.424. The number of hydrogen-bond donors (Lipinski definition) is 2. The molecule has 0 unspecified atom stereocenters. The third-order valence-corrected chi connectivity index (χ3v) is 4.42. The van der Waals surface area contributed by atoms with Crippen molar-refractivity contribution in [3.8, 4) is 11.3 Å². The summed E-state index contributed by atoms with van der Waals surface area (Å²) in [5, 5.41) is 6.47. The highest BCUT2D eigenvalue weighted by Gasteiger charge is 2.13. The number of aromatic nitrogens is 2. The standard InChI is InChI=1S/C24H20N4O2/c1-30-23(29)19-14-8-9-15-20(19)26-24-27-21(17-10-4-2-5-11-17)16-22(28-24)25-18-12-6-3-7-13-18/h2-16H,1H3,(H2,25,26,27,28). The number of anilines is 4. The summed E-state index contributed by atoms with van der Waals surface area (Å²) >= 11 is 0. The van der Waals surface area contributed by atoms with Gasteiger partial charge in [0.2, 0.25) is 5.95 Å². The van der Waals surface area contributed by atoms with Crippen molar-refractivity contribution >= 4 is 29.1 Å². The Balaban J connectivity index is 1.74. The molecule has 1 heterocycles. The van der Waals surface area contributed by atoms with Crippen LogP contribution in [0.4, 0.5) is 23.1 Å². The number of carbonyl (C=O) groups excluding carboxylic acids is 1. The molecular formula is C24H20N4O2. The zero-order valence-corrected chi connectivity index (χ0v) is 16.4. The number of nitrogens with one attached hydrogen (secondary N) is 2. The summed E-state index contributed by atoms with van der Waals surface area (Å²) < 4.78 is 4.88. The molecule has 0 saturated heterocycles. The SMILES string of the molecule is COC(=O)c1ccccc1Nc1nc(Nc2ccccc2)cc(-c2ccccc2)n1. The predicted molar refractivity (Wildman–Crippen MR) is 118 cm³/mol. The lowest BCUT2D eigenvalue weighted by Crippen LogP contribution is -2.08. The van der Waals surface area contributed by atoms with Gasteiger partial charge in [-0.25, -0.2) is 9.78 Å². The summed E-state index contributed by atoms with van der Waals surface area (Å²) in [6.07, 6.45) is 0. The van der Waals surface area contributed by atoms with Crippen LogP contribution in [0.15, 0.2) is 91.0 Å². The molecule has 1 aromatic heterocycles. The molecule has 4 rings (SSSR count). The van der Waals surface area contributed by atoms with Gasteiger partial charge in [0.15, 0.2) is 0 Å². The minimum absolute atomic E-state index is 0.367.